The lowest BCUT2D eigenvalue weighted by atomic mass is 10.1. The van der Waals surface area contributed by atoms with Gasteiger partial charge in [0.2, 0.25) is 5.91 Å². The van der Waals surface area contributed by atoms with Gasteiger partial charge in [-0.15, -0.1) is 11.3 Å². The van der Waals surface area contributed by atoms with Crippen LogP contribution in [0.4, 0.5) is 5.69 Å². The largest absolute Gasteiger partial charge is 0.381 e. The molecule has 1 amide bonds. The van der Waals surface area contributed by atoms with Crippen LogP contribution in [0.3, 0.4) is 0 Å². The molecule has 2 N–H and O–H groups in total. The Morgan fingerprint density at radius 3 is 2.68 bits per heavy atom. The third kappa shape index (κ3) is 5.04. The number of nitrogens with one attached hydrogen (secondary N) is 2. The maximum absolute atomic E-state index is 12.2. The van der Waals surface area contributed by atoms with Gasteiger partial charge in [0.15, 0.2) is 0 Å². The van der Waals surface area contributed by atoms with Crippen molar-refractivity contribution in [3.8, 4) is 0 Å². The van der Waals surface area contributed by atoms with Crippen molar-refractivity contribution in [1.29, 1.82) is 0 Å². The smallest absolute Gasteiger partial charge is 0.271 e. The number of hydrogen-bond acceptors (Lipinski definition) is 5. The average Bonchev–Trinajstić information content (AvgIpc) is 3.28. The van der Waals surface area contributed by atoms with Crippen LogP contribution in [-0.2, 0) is 26.0 Å². The van der Waals surface area contributed by atoms with Crippen molar-refractivity contribution in [3.05, 3.63) is 47.3 Å². The summed E-state index contributed by atoms with van der Waals surface area (Å²) in [4.78, 5) is 12.0. The number of rotatable bonds is 7. The molecule has 134 valence electrons. The highest BCUT2D eigenvalue weighted by molar-refractivity contribution is 7.94. The SMILES string of the molecule is O=C(Cc1ccc(NS(=O)(=O)c2cccs2)cc1)NC[C@H]1CCOC1. The lowest BCUT2D eigenvalue weighted by molar-refractivity contribution is -0.120. The number of sulfonamides is 1. The molecule has 1 fully saturated rings. The van der Waals surface area contributed by atoms with Gasteiger partial charge >= 0.3 is 0 Å². The predicted molar refractivity (Wildman–Crippen MR) is 97.2 cm³/mol. The van der Waals surface area contributed by atoms with Crippen LogP contribution in [-0.4, -0.2) is 34.1 Å². The Morgan fingerprint density at radius 1 is 1.24 bits per heavy atom. The van der Waals surface area contributed by atoms with Crippen LogP contribution in [0.5, 0.6) is 0 Å². The quantitative estimate of drug-likeness (QED) is 0.772. The number of thiophene rings is 1. The Labute approximate surface area is 151 Å². The van der Waals surface area contributed by atoms with Crippen molar-refractivity contribution in [2.45, 2.75) is 17.1 Å². The predicted octanol–water partition coefficient (Wildman–Crippen LogP) is 2.24. The second kappa shape index (κ2) is 7.99. The normalized spacial score (nSPS) is 17.4. The molecule has 25 heavy (non-hydrogen) atoms. The van der Waals surface area contributed by atoms with Crippen LogP contribution >= 0.6 is 11.3 Å². The number of carbonyl (C=O) groups is 1. The third-order valence-corrected chi connectivity index (χ3v) is 6.72. The molecule has 0 saturated carbocycles. The molecule has 0 aliphatic carbocycles. The lowest BCUT2D eigenvalue weighted by Gasteiger charge is -2.10. The van der Waals surface area contributed by atoms with Gasteiger partial charge in [0.05, 0.1) is 13.0 Å². The fraction of sp³-hybridized carbons (Fsp3) is 0.353. The van der Waals surface area contributed by atoms with Crippen molar-refractivity contribution < 1.29 is 17.9 Å². The summed E-state index contributed by atoms with van der Waals surface area (Å²) >= 11 is 1.16. The first-order chi connectivity index (χ1) is 12.0. The molecule has 1 aliphatic heterocycles. The molecule has 2 aromatic rings. The van der Waals surface area contributed by atoms with E-state index in [0.717, 1.165) is 29.9 Å². The topological polar surface area (TPSA) is 84.5 Å². The molecular formula is C17H20N2O4S2. The summed E-state index contributed by atoms with van der Waals surface area (Å²) in [5.74, 6) is 0.358. The molecule has 6 nitrogen and oxygen atoms in total. The van der Waals surface area contributed by atoms with E-state index in [1.165, 1.54) is 0 Å². The molecule has 0 spiro atoms. The van der Waals surface area contributed by atoms with Crippen LogP contribution in [0, 0.1) is 5.92 Å². The zero-order chi connectivity index (χ0) is 17.7. The van der Waals surface area contributed by atoms with E-state index in [-0.39, 0.29) is 16.5 Å². The zero-order valence-corrected chi connectivity index (χ0v) is 15.2. The van der Waals surface area contributed by atoms with Crippen molar-refractivity contribution in [2.75, 3.05) is 24.5 Å². The monoisotopic (exact) mass is 380 g/mol. The van der Waals surface area contributed by atoms with E-state index in [2.05, 4.69) is 10.0 Å². The van der Waals surface area contributed by atoms with Crippen LogP contribution < -0.4 is 10.0 Å². The second-order valence-corrected chi connectivity index (χ2v) is 8.80. The van der Waals surface area contributed by atoms with E-state index in [0.29, 0.717) is 24.8 Å². The number of hydrogen-bond donors (Lipinski definition) is 2. The Hall–Kier alpha value is -1.90. The first-order valence-electron chi connectivity index (χ1n) is 8.02. The molecule has 1 aliphatic rings. The Bertz CT molecular complexity index is 796. The van der Waals surface area contributed by atoms with Gasteiger partial charge in [-0.2, -0.15) is 0 Å². The fourth-order valence-electron chi connectivity index (χ4n) is 2.56. The molecule has 0 radical (unpaired) electrons. The van der Waals surface area contributed by atoms with E-state index >= 15 is 0 Å². The van der Waals surface area contributed by atoms with Gasteiger partial charge in [-0.1, -0.05) is 18.2 Å². The Balaban J connectivity index is 1.52. The Kier molecular flexibility index (Phi) is 5.72. The molecule has 1 aromatic heterocycles. The van der Waals surface area contributed by atoms with E-state index in [1.54, 1.807) is 41.8 Å². The summed E-state index contributed by atoms with van der Waals surface area (Å²) in [5.41, 5.74) is 1.31. The number of carbonyl (C=O) groups excluding carboxylic acids is 1. The average molecular weight is 380 g/mol. The maximum Gasteiger partial charge on any atom is 0.271 e. The van der Waals surface area contributed by atoms with Crippen LogP contribution in [0.25, 0.3) is 0 Å². The summed E-state index contributed by atoms with van der Waals surface area (Å²) in [5, 5.41) is 4.63. The van der Waals surface area contributed by atoms with Gasteiger partial charge in [-0.3, -0.25) is 9.52 Å². The molecule has 1 aromatic carbocycles. The molecule has 8 heteroatoms. The van der Waals surface area contributed by atoms with Crippen LogP contribution in [0.1, 0.15) is 12.0 Å². The van der Waals surface area contributed by atoms with E-state index in [1.807, 2.05) is 0 Å². The number of benzene rings is 1. The van der Waals surface area contributed by atoms with Crippen molar-refractivity contribution in [2.24, 2.45) is 5.92 Å². The van der Waals surface area contributed by atoms with Crippen molar-refractivity contribution in [3.63, 3.8) is 0 Å². The van der Waals surface area contributed by atoms with Crippen molar-refractivity contribution >= 4 is 33.0 Å². The minimum atomic E-state index is -3.55. The minimum absolute atomic E-state index is 0.0428. The summed E-state index contributed by atoms with van der Waals surface area (Å²) in [6, 6.07) is 10.1. The third-order valence-electron chi connectivity index (χ3n) is 3.94. The summed E-state index contributed by atoms with van der Waals surface area (Å²) in [6.45, 7) is 2.11. The molecule has 0 unspecified atom stereocenters. The molecule has 0 bridgehead atoms. The first-order valence-corrected chi connectivity index (χ1v) is 10.4. The highest BCUT2D eigenvalue weighted by Crippen LogP contribution is 2.20. The van der Waals surface area contributed by atoms with E-state index < -0.39 is 10.0 Å². The second-order valence-electron chi connectivity index (χ2n) is 5.94. The molecule has 1 saturated heterocycles. The van der Waals surface area contributed by atoms with Crippen molar-refractivity contribution in [1.82, 2.24) is 5.32 Å². The molecular weight excluding hydrogens is 360 g/mol. The fourth-order valence-corrected chi connectivity index (χ4v) is 4.61. The van der Waals surface area contributed by atoms with Gasteiger partial charge in [-0.05, 0) is 35.6 Å². The summed E-state index contributed by atoms with van der Waals surface area (Å²) in [6.07, 6.45) is 1.25. The number of ether oxygens (including phenoxy) is 1. The lowest BCUT2D eigenvalue weighted by Crippen LogP contribution is -2.30. The zero-order valence-electron chi connectivity index (χ0n) is 13.6. The van der Waals surface area contributed by atoms with Gasteiger partial charge in [-0.25, -0.2) is 8.42 Å². The standard InChI is InChI=1S/C17H20N2O4S2/c20-16(18-11-14-7-8-23-12-14)10-13-3-5-15(6-4-13)19-25(21,22)17-2-1-9-24-17/h1-6,9,14,19H,7-8,10-12H2,(H,18,20)/t14-/m1/s1. The maximum atomic E-state index is 12.2. The minimum Gasteiger partial charge on any atom is -0.381 e. The number of anilines is 1. The van der Waals surface area contributed by atoms with Gasteiger partial charge < -0.3 is 10.1 Å². The molecule has 2 heterocycles. The van der Waals surface area contributed by atoms with Gasteiger partial charge in [0, 0.05) is 24.8 Å². The molecule has 1 atom stereocenters. The van der Waals surface area contributed by atoms with Gasteiger partial charge in [0.25, 0.3) is 10.0 Å². The summed E-state index contributed by atoms with van der Waals surface area (Å²) in [7, 11) is -3.55. The first kappa shape index (κ1) is 17.9. The highest BCUT2D eigenvalue weighted by atomic mass is 32.2. The Morgan fingerprint density at radius 2 is 2.04 bits per heavy atom. The van der Waals surface area contributed by atoms with Crippen LogP contribution in [0.15, 0.2) is 46.0 Å². The highest BCUT2D eigenvalue weighted by Gasteiger charge is 2.17. The number of amides is 1. The summed E-state index contributed by atoms with van der Waals surface area (Å²) < 4.78 is 32.4. The van der Waals surface area contributed by atoms with E-state index in [4.69, 9.17) is 4.74 Å². The van der Waals surface area contributed by atoms with E-state index in [9.17, 15) is 13.2 Å². The molecule has 3 rings (SSSR count). The van der Waals surface area contributed by atoms with Crippen LogP contribution in [0.2, 0.25) is 0 Å². The van der Waals surface area contributed by atoms with Gasteiger partial charge in [0.1, 0.15) is 4.21 Å².